The average molecular weight is 329 g/mol. The lowest BCUT2D eigenvalue weighted by Crippen LogP contribution is -2.34. The first-order valence-electron chi connectivity index (χ1n) is 6.45. The van der Waals surface area contributed by atoms with Gasteiger partial charge in [0.05, 0.1) is 0 Å². The number of halogens is 1. The minimum atomic E-state index is -0.504. The molecule has 1 aromatic carbocycles. The van der Waals surface area contributed by atoms with E-state index in [1.807, 2.05) is 18.2 Å². The quantitative estimate of drug-likeness (QED) is 0.756. The van der Waals surface area contributed by atoms with Gasteiger partial charge in [-0.1, -0.05) is 22.9 Å². The summed E-state index contributed by atoms with van der Waals surface area (Å²) in [5.74, 6) is 0.610. The highest BCUT2D eigenvalue weighted by Gasteiger charge is 2.14. The Labute approximate surface area is 123 Å². The molecule has 1 unspecified atom stereocenters. The summed E-state index contributed by atoms with van der Waals surface area (Å²) in [4.78, 5) is 11.5. The van der Waals surface area contributed by atoms with E-state index in [-0.39, 0.29) is 5.91 Å². The van der Waals surface area contributed by atoms with Crippen LogP contribution in [0.5, 0.6) is 5.75 Å². The summed E-state index contributed by atoms with van der Waals surface area (Å²) in [7, 11) is 1.60. The minimum Gasteiger partial charge on any atom is -0.481 e. The Morgan fingerprint density at radius 3 is 2.84 bits per heavy atom. The molecule has 1 rings (SSSR count). The van der Waals surface area contributed by atoms with Crippen molar-refractivity contribution in [2.45, 2.75) is 32.9 Å². The molecule has 0 radical (unpaired) electrons. The van der Waals surface area contributed by atoms with Crippen LogP contribution in [0, 0.1) is 0 Å². The molecule has 5 heteroatoms. The van der Waals surface area contributed by atoms with Crippen LogP contribution in [0.4, 0.5) is 0 Å². The van der Waals surface area contributed by atoms with Crippen LogP contribution < -0.4 is 15.4 Å². The summed E-state index contributed by atoms with van der Waals surface area (Å²) >= 11 is 3.45. The van der Waals surface area contributed by atoms with Gasteiger partial charge in [-0.25, -0.2) is 0 Å². The molecule has 106 valence electrons. The van der Waals surface area contributed by atoms with Crippen LogP contribution in [0.3, 0.4) is 0 Å². The highest BCUT2D eigenvalue weighted by atomic mass is 79.9. The molecular weight excluding hydrogens is 308 g/mol. The van der Waals surface area contributed by atoms with Crippen molar-refractivity contribution in [3.63, 3.8) is 0 Å². The van der Waals surface area contributed by atoms with Crippen molar-refractivity contribution in [3.8, 4) is 5.75 Å². The van der Waals surface area contributed by atoms with Crippen LogP contribution in [0.25, 0.3) is 0 Å². The highest BCUT2D eigenvalue weighted by molar-refractivity contribution is 9.10. The van der Waals surface area contributed by atoms with Gasteiger partial charge in [-0.2, -0.15) is 0 Å². The Kier molecular flexibility index (Phi) is 6.87. The molecule has 0 aliphatic rings. The molecule has 2 N–H and O–H groups in total. The van der Waals surface area contributed by atoms with Crippen LogP contribution in [0.15, 0.2) is 22.7 Å². The second-order valence-electron chi connectivity index (χ2n) is 4.30. The summed E-state index contributed by atoms with van der Waals surface area (Å²) in [6, 6.07) is 5.80. The molecule has 1 atom stereocenters. The first-order valence-corrected chi connectivity index (χ1v) is 7.25. The molecular formula is C14H21BrN2O2. The third-order valence-corrected chi connectivity index (χ3v) is 3.18. The van der Waals surface area contributed by atoms with E-state index in [0.717, 1.165) is 35.3 Å². The highest BCUT2D eigenvalue weighted by Crippen LogP contribution is 2.24. The SMILES string of the molecule is CCCNCc1cc(Br)ccc1OC(C)C(=O)NC. The number of benzene rings is 1. The lowest BCUT2D eigenvalue weighted by Gasteiger charge is -2.17. The lowest BCUT2D eigenvalue weighted by molar-refractivity contribution is -0.126. The van der Waals surface area contributed by atoms with Gasteiger partial charge >= 0.3 is 0 Å². The molecule has 0 saturated heterocycles. The summed E-state index contributed by atoms with van der Waals surface area (Å²) in [6.07, 6.45) is 0.579. The second kappa shape index (κ2) is 8.17. The van der Waals surface area contributed by atoms with Gasteiger partial charge < -0.3 is 15.4 Å². The first kappa shape index (κ1) is 16.0. The second-order valence-corrected chi connectivity index (χ2v) is 5.22. The molecule has 0 bridgehead atoms. The van der Waals surface area contributed by atoms with Crippen LogP contribution in [-0.2, 0) is 11.3 Å². The normalized spacial score (nSPS) is 12.0. The largest absolute Gasteiger partial charge is 0.481 e. The van der Waals surface area contributed by atoms with Crippen molar-refractivity contribution >= 4 is 21.8 Å². The van der Waals surface area contributed by atoms with Crippen molar-refractivity contribution in [1.82, 2.24) is 10.6 Å². The molecule has 4 nitrogen and oxygen atoms in total. The summed E-state index contributed by atoms with van der Waals surface area (Å²) in [6.45, 7) is 5.54. The fourth-order valence-corrected chi connectivity index (χ4v) is 2.06. The van der Waals surface area contributed by atoms with E-state index in [9.17, 15) is 4.79 Å². The zero-order valence-electron chi connectivity index (χ0n) is 11.6. The van der Waals surface area contributed by atoms with Crippen molar-refractivity contribution in [1.29, 1.82) is 0 Å². The van der Waals surface area contributed by atoms with E-state index in [1.165, 1.54) is 0 Å². The van der Waals surface area contributed by atoms with Crippen LogP contribution in [-0.4, -0.2) is 25.6 Å². The fourth-order valence-electron chi connectivity index (χ4n) is 1.65. The van der Waals surface area contributed by atoms with Crippen molar-refractivity contribution in [2.24, 2.45) is 0 Å². The Hall–Kier alpha value is -1.07. The van der Waals surface area contributed by atoms with Gasteiger partial charge in [0.25, 0.3) is 5.91 Å². The molecule has 0 aliphatic heterocycles. The van der Waals surface area contributed by atoms with E-state index in [0.29, 0.717) is 0 Å². The van der Waals surface area contributed by atoms with Gasteiger partial charge in [0.15, 0.2) is 6.10 Å². The van der Waals surface area contributed by atoms with Crippen molar-refractivity contribution in [3.05, 3.63) is 28.2 Å². The number of rotatable bonds is 7. The van der Waals surface area contributed by atoms with Gasteiger partial charge in [-0.05, 0) is 38.1 Å². The number of amides is 1. The van der Waals surface area contributed by atoms with Gasteiger partial charge in [-0.15, -0.1) is 0 Å². The summed E-state index contributed by atoms with van der Waals surface area (Å²) in [5.41, 5.74) is 1.04. The standard InChI is InChI=1S/C14H21BrN2O2/c1-4-7-17-9-11-8-12(15)5-6-13(11)19-10(2)14(18)16-3/h5-6,8,10,17H,4,7,9H2,1-3H3,(H,16,18). The Morgan fingerprint density at radius 1 is 1.47 bits per heavy atom. The number of carbonyl (C=O) groups excluding carboxylic acids is 1. The minimum absolute atomic E-state index is 0.129. The topological polar surface area (TPSA) is 50.4 Å². The number of hydrogen-bond acceptors (Lipinski definition) is 3. The van der Waals surface area contributed by atoms with E-state index in [2.05, 4.69) is 33.5 Å². The fraction of sp³-hybridized carbons (Fsp3) is 0.500. The summed E-state index contributed by atoms with van der Waals surface area (Å²) in [5, 5.41) is 5.91. The third kappa shape index (κ3) is 5.20. The average Bonchev–Trinajstić information content (AvgIpc) is 2.40. The Morgan fingerprint density at radius 2 is 2.21 bits per heavy atom. The molecule has 0 heterocycles. The number of carbonyl (C=O) groups is 1. The van der Waals surface area contributed by atoms with Gasteiger partial charge in [0.2, 0.25) is 0 Å². The Balaban J connectivity index is 2.78. The maximum atomic E-state index is 11.5. The predicted octanol–water partition coefficient (Wildman–Crippen LogP) is 2.46. The number of nitrogens with one attached hydrogen (secondary N) is 2. The molecule has 0 spiro atoms. The molecule has 1 amide bonds. The van der Waals surface area contributed by atoms with Gasteiger partial charge in [0, 0.05) is 23.6 Å². The van der Waals surface area contributed by atoms with E-state index in [1.54, 1.807) is 14.0 Å². The van der Waals surface area contributed by atoms with E-state index >= 15 is 0 Å². The monoisotopic (exact) mass is 328 g/mol. The summed E-state index contributed by atoms with van der Waals surface area (Å²) < 4.78 is 6.71. The zero-order valence-corrected chi connectivity index (χ0v) is 13.2. The van der Waals surface area contributed by atoms with Gasteiger partial charge in [-0.3, -0.25) is 4.79 Å². The molecule has 0 aromatic heterocycles. The van der Waals surface area contributed by atoms with E-state index < -0.39 is 6.10 Å². The zero-order chi connectivity index (χ0) is 14.3. The maximum absolute atomic E-state index is 11.5. The smallest absolute Gasteiger partial charge is 0.260 e. The van der Waals surface area contributed by atoms with Crippen LogP contribution in [0.2, 0.25) is 0 Å². The lowest BCUT2D eigenvalue weighted by atomic mass is 10.2. The van der Waals surface area contributed by atoms with Crippen LogP contribution in [0.1, 0.15) is 25.8 Å². The molecule has 0 saturated carbocycles. The number of ether oxygens (including phenoxy) is 1. The van der Waals surface area contributed by atoms with E-state index in [4.69, 9.17) is 4.74 Å². The number of likely N-dealkylation sites (N-methyl/N-ethyl adjacent to an activating group) is 1. The van der Waals surface area contributed by atoms with Crippen molar-refractivity contribution < 1.29 is 9.53 Å². The Bertz CT molecular complexity index is 424. The van der Waals surface area contributed by atoms with Crippen LogP contribution >= 0.6 is 15.9 Å². The third-order valence-electron chi connectivity index (χ3n) is 2.68. The number of hydrogen-bond donors (Lipinski definition) is 2. The first-order chi connectivity index (χ1) is 9.08. The molecule has 0 aliphatic carbocycles. The van der Waals surface area contributed by atoms with Crippen molar-refractivity contribution in [2.75, 3.05) is 13.6 Å². The van der Waals surface area contributed by atoms with Gasteiger partial charge in [0.1, 0.15) is 5.75 Å². The molecule has 19 heavy (non-hydrogen) atoms. The maximum Gasteiger partial charge on any atom is 0.260 e. The predicted molar refractivity (Wildman–Crippen MR) is 80.3 cm³/mol. The molecule has 0 fully saturated rings. The molecule has 1 aromatic rings.